The molecule has 1 aromatic heterocycles. The Kier molecular flexibility index (Phi) is 4.14. The quantitative estimate of drug-likeness (QED) is 0.910. The van der Waals surface area contributed by atoms with E-state index in [2.05, 4.69) is 48.0 Å². The van der Waals surface area contributed by atoms with Gasteiger partial charge in [0.1, 0.15) is 0 Å². The number of anilines is 1. The summed E-state index contributed by atoms with van der Waals surface area (Å²) in [4.78, 5) is 6.55. The van der Waals surface area contributed by atoms with Crippen molar-refractivity contribution >= 4 is 5.69 Å². The zero-order valence-electron chi connectivity index (χ0n) is 12.8. The van der Waals surface area contributed by atoms with E-state index in [1.54, 1.807) is 0 Å². The molecule has 4 heteroatoms. The van der Waals surface area contributed by atoms with E-state index in [0.717, 1.165) is 24.5 Å². The van der Waals surface area contributed by atoms with Gasteiger partial charge in [-0.3, -0.25) is 0 Å². The predicted molar refractivity (Wildman–Crippen MR) is 84.3 cm³/mol. The summed E-state index contributed by atoms with van der Waals surface area (Å²) in [5.74, 6) is 0. The molecule has 0 aliphatic rings. The van der Waals surface area contributed by atoms with E-state index in [1.165, 1.54) is 5.69 Å². The van der Waals surface area contributed by atoms with Crippen molar-refractivity contribution in [1.82, 2.24) is 9.55 Å². The minimum absolute atomic E-state index is 0.409. The van der Waals surface area contributed by atoms with Crippen molar-refractivity contribution in [2.24, 2.45) is 5.73 Å². The molecule has 0 aliphatic carbocycles. The lowest BCUT2D eigenvalue weighted by Crippen LogP contribution is -2.31. The number of imidazole rings is 1. The second-order valence-corrected chi connectivity index (χ2v) is 5.56. The number of rotatable bonds is 5. The third kappa shape index (κ3) is 2.85. The fourth-order valence-corrected chi connectivity index (χ4v) is 2.39. The summed E-state index contributed by atoms with van der Waals surface area (Å²) < 4.78 is 2.05. The van der Waals surface area contributed by atoms with Crippen LogP contribution in [0.3, 0.4) is 0 Å². The van der Waals surface area contributed by atoms with Crippen LogP contribution in [0.25, 0.3) is 5.69 Å². The second kappa shape index (κ2) is 5.67. The summed E-state index contributed by atoms with van der Waals surface area (Å²) in [6.45, 7) is 10.4. The molecule has 0 atom stereocenters. The SMILES string of the molecule is CCN(CC)c1ccc(-n2cncc2C(C)(C)N)cc1. The van der Waals surface area contributed by atoms with Crippen molar-refractivity contribution in [2.45, 2.75) is 33.2 Å². The first-order chi connectivity index (χ1) is 9.47. The van der Waals surface area contributed by atoms with Crippen molar-refractivity contribution in [2.75, 3.05) is 18.0 Å². The minimum Gasteiger partial charge on any atom is -0.372 e. The Bertz CT molecular complexity index is 545. The molecule has 0 bridgehead atoms. The van der Waals surface area contributed by atoms with Crippen LogP contribution in [0, 0.1) is 0 Å². The highest BCUT2D eigenvalue weighted by Crippen LogP contribution is 2.22. The molecule has 0 spiro atoms. The number of aromatic nitrogens is 2. The van der Waals surface area contributed by atoms with Crippen LogP contribution >= 0.6 is 0 Å². The summed E-state index contributed by atoms with van der Waals surface area (Å²) in [6.07, 6.45) is 3.65. The molecule has 2 rings (SSSR count). The van der Waals surface area contributed by atoms with E-state index in [-0.39, 0.29) is 0 Å². The molecular formula is C16H24N4. The van der Waals surface area contributed by atoms with E-state index >= 15 is 0 Å². The highest BCUT2D eigenvalue weighted by atomic mass is 15.1. The molecule has 0 radical (unpaired) electrons. The standard InChI is InChI=1S/C16H24N4/c1-5-19(6-2)13-7-9-14(10-8-13)20-12-18-11-15(20)16(3,4)17/h7-12H,5-6,17H2,1-4H3. The molecule has 0 saturated carbocycles. The van der Waals surface area contributed by atoms with Crippen LogP contribution < -0.4 is 10.6 Å². The summed E-state index contributed by atoms with van der Waals surface area (Å²) in [6, 6.07) is 8.53. The Morgan fingerprint density at radius 3 is 2.25 bits per heavy atom. The zero-order chi connectivity index (χ0) is 14.8. The molecule has 0 unspecified atom stereocenters. The fourth-order valence-electron chi connectivity index (χ4n) is 2.39. The largest absolute Gasteiger partial charge is 0.372 e. The van der Waals surface area contributed by atoms with Gasteiger partial charge >= 0.3 is 0 Å². The molecule has 0 amide bonds. The van der Waals surface area contributed by atoms with E-state index in [4.69, 9.17) is 5.73 Å². The monoisotopic (exact) mass is 272 g/mol. The number of benzene rings is 1. The van der Waals surface area contributed by atoms with Gasteiger partial charge in [0.2, 0.25) is 0 Å². The number of hydrogen-bond acceptors (Lipinski definition) is 3. The van der Waals surface area contributed by atoms with Gasteiger partial charge in [-0.1, -0.05) is 0 Å². The Morgan fingerprint density at radius 1 is 1.15 bits per heavy atom. The molecule has 2 aromatic rings. The van der Waals surface area contributed by atoms with Gasteiger partial charge in [-0.15, -0.1) is 0 Å². The van der Waals surface area contributed by atoms with Crippen LogP contribution in [0.1, 0.15) is 33.4 Å². The first-order valence-corrected chi connectivity index (χ1v) is 7.14. The van der Waals surface area contributed by atoms with Crippen LogP contribution in [0.15, 0.2) is 36.8 Å². The van der Waals surface area contributed by atoms with Gasteiger partial charge in [0.05, 0.1) is 23.8 Å². The van der Waals surface area contributed by atoms with Crippen LogP contribution in [-0.2, 0) is 5.54 Å². The highest BCUT2D eigenvalue weighted by Gasteiger charge is 2.19. The van der Waals surface area contributed by atoms with Crippen molar-refractivity contribution < 1.29 is 0 Å². The lowest BCUT2D eigenvalue weighted by Gasteiger charge is -2.23. The Hall–Kier alpha value is -1.81. The van der Waals surface area contributed by atoms with Gasteiger partial charge in [-0.05, 0) is 52.0 Å². The minimum atomic E-state index is -0.409. The number of hydrogen-bond donors (Lipinski definition) is 1. The van der Waals surface area contributed by atoms with Gasteiger partial charge in [0, 0.05) is 24.5 Å². The van der Waals surface area contributed by atoms with Gasteiger partial charge in [-0.25, -0.2) is 4.98 Å². The molecule has 0 aliphatic heterocycles. The molecular weight excluding hydrogens is 248 g/mol. The van der Waals surface area contributed by atoms with E-state index in [0.29, 0.717) is 0 Å². The van der Waals surface area contributed by atoms with E-state index in [9.17, 15) is 0 Å². The average molecular weight is 272 g/mol. The molecule has 20 heavy (non-hydrogen) atoms. The van der Waals surface area contributed by atoms with Crippen LogP contribution in [0.2, 0.25) is 0 Å². The molecule has 1 aromatic carbocycles. The molecule has 1 heterocycles. The second-order valence-electron chi connectivity index (χ2n) is 5.56. The summed E-state index contributed by atoms with van der Waals surface area (Å²) >= 11 is 0. The Balaban J connectivity index is 2.34. The molecule has 2 N–H and O–H groups in total. The normalized spacial score (nSPS) is 11.7. The first kappa shape index (κ1) is 14.6. The van der Waals surface area contributed by atoms with Gasteiger partial charge < -0.3 is 15.2 Å². The predicted octanol–water partition coefficient (Wildman–Crippen LogP) is 2.91. The first-order valence-electron chi connectivity index (χ1n) is 7.14. The van der Waals surface area contributed by atoms with Crippen LogP contribution in [-0.4, -0.2) is 22.6 Å². The van der Waals surface area contributed by atoms with Gasteiger partial charge in [0.15, 0.2) is 0 Å². The third-order valence-electron chi connectivity index (χ3n) is 3.56. The van der Waals surface area contributed by atoms with E-state index in [1.807, 2.05) is 30.9 Å². The molecule has 4 nitrogen and oxygen atoms in total. The summed E-state index contributed by atoms with van der Waals surface area (Å²) in [5.41, 5.74) is 9.12. The Labute approximate surface area is 121 Å². The maximum atomic E-state index is 6.19. The van der Waals surface area contributed by atoms with Crippen molar-refractivity contribution in [3.63, 3.8) is 0 Å². The van der Waals surface area contributed by atoms with E-state index < -0.39 is 5.54 Å². The lowest BCUT2D eigenvalue weighted by atomic mass is 10.0. The average Bonchev–Trinajstić information content (AvgIpc) is 2.90. The highest BCUT2D eigenvalue weighted by molar-refractivity contribution is 5.51. The topological polar surface area (TPSA) is 47.1 Å². The van der Waals surface area contributed by atoms with Crippen molar-refractivity contribution in [3.05, 3.63) is 42.5 Å². The number of nitrogens with zero attached hydrogens (tertiary/aromatic N) is 3. The third-order valence-corrected chi connectivity index (χ3v) is 3.56. The maximum Gasteiger partial charge on any atom is 0.0994 e. The fraction of sp³-hybridized carbons (Fsp3) is 0.438. The molecule has 108 valence electrons. The summed E-state index contributed by atoms with van der Waals surface area (Å²) in [7, 11) is 0. The van der Waals surface area contributed by atoms with Gasteiger partial charge in [-0.2, -0.15) is 0 Å². The molecule has 0 fully saturated rings. The molecule has 0 saturated heterocycles. The van der Waals surface area contributed by atoms with Crippen LogP contribution in [0.4, 0.5) is 5.69 Å². The maximum absolute atomic E-state index is 6.19. The van der Waals surface area contributed by atoms with Gasteiger partial charge in [0.25, 0.3) is 0 Å². The van der Waals surface area contributed by atoms with Crippen molar-refractivity contribution in [1.29, 1.82) is 0 Å². The Morgan fingerprint density at radius 2 is 1.75 bits per heavy atom. The zero-order valence-corrected chi connectivity index (χ0v) is 12.8. The lowest BCUT2D eigenvalue weighted by molar-refractivity contribution is 0.524. The summed E-state index contributed by atoms with van der Waals surface area (Å²) in [5, 5.41) is 0. The smallest absolute Gasteiger partial charge is 0.0994 e. The van der Waals surface area contributed by atoms with Crippen molar-refractivity contribution in [3.8, 4) is 5.69 Å². The van der Waals surface area contributed by atoms with Crippen LogP contribution in [0.5, 0.6) is 0 Å². The number of nitrogens with two attached hydrogens (primary N) is 1.